The van der Waals surface area contributed by atoms with Crippen LogP contribution in [0.25, 0.3) is 0 Å². The van der Waals surface area contributed by atoms with Crippen molar-refractivity contribution < 1.29 is 14.6 Å². The molecule has 0 aliphatic carbocycles. The monoisotopic (exact) mass is 306 g/mol. The highest BCUT2D eigenvalue weighted by Gasteiger charge is 2.31. The van der Waals surface area contributed by atoms with Crippen LogP contribution in [-0.4, -0.2) is 40.8 Å². The molecule has 1 aromatic rings. The molecule has 0 aromatic heterocycles. The number of amides is 1. The van der Waals surface area contributed by atoms with Gasteiger partial charge in [0.15, 0.2) is 0 Å². The first-order valence-corrected chi connectivity index (χ1v) is 7.79. The lowest BCUT2D eigenvalue weighted by Gasteiger charge is -2.29. The molecule has 0 spiro atoms. The average Bonchev–Trinajstić information content (AvgIpc) is 2.84. The molecular formula is C17H26N2O3. The van der Waals surface area contributed by atoms with Crippen LogP contribution in [0.15, 0.2) is 18.2 Å². The second-order valence-corrected chi connectivity index (χ2v) is 6.85. The van der Waals surface area contributed by atoms with Gasteiger partial charge in [-0.05, 0) is 64.3 Å². The molecule has 2 N–H and O–H groups in total. The van der Waals surface area contributed by atoms with Gasteiger partial charge in [-0.3, -0.25) is 0 Å². The molecule has 0 bridgehead atoms. The fourth-order valence-electron chi connectivity index (χ4n) is 2.68. The van der Waals surface area contributed by atoms with E-state index < -0.39 is 5.60 Å². The molecular weight excluding hydrogens is 280 g/mol. The second-order valence-electron chi connectivity index (χ2n) is 6.85. The maximum atomic E-state index is 12.2. The summed E-state index contributed by atoms with van der Waals surface area (Å²) in [6, 6.07) is 5.39. The van der Waals surface area contributed by atoms with E-state index in [9.17, 15) is 9.90 Å². The maximum Gasteiger partial charge on any atom is 0.410 e. The molecule has 122 valence electrons. The summed E-state index contributed by atoms with van der Waals surface area (Å²) in [6.07, 6.45) is 1.74. The van der Waals surface area contributed by atoms with Crippen molar-refractivity contribution in [3.8, 4) is 5.75 Å². The minimum atomic E-state index is -0.467. The van der Waals surface area contributed by atoms with Gasteiger partial charge in [-0.25, -0.2) is 4.79 Å². The second kappa shape index (κ2) is 6.46. The molecule has 22 heavy (non-hydrogen) atoms. The Bertz CT molecular complexity index is 537. The summed E-state index contributed by atoms with van der Waals surface area (Å²) >= 11 is 0. The standard InChI is InChI=1S/C17H26N2O3/c1-12-10-14(20)7-8-15(12)18-11-13-6-5-9-19(13)16(21)22-17(2,3)4/h7-8,10,13,18,20H,5-6,9,11H2,1-4H3. The van der Waals surface area contributed by atoms with Gasteiger partial charge in [0, 0.05) is 18.8 Å². The largest absolute Gasteiger partial charge is 0.508 e. The molecule has 5 heteroatoms. The van der Waals surface area contributed by atoms with Crippen LogP contribution in [0.1, 0.15) is 39.2 Å². The molecule has 0 saturated carbocycles. The summed E-state index contributed by atoms with van der Waals surface area (Å²) in [5.74, 6) is 0.263. The zero-order chi connectivity index (χ0) is 16.3. The van der Waals surface area contributed by atoms with Gasteiger partial charge in [0.1, 0.15) is 11.4 Å². The van der Waals surface area contributed by atoms with Crippen molar-refractivity contribution in [2.45, 2.75) is 52.2 Å². The first-order valence-electron chi connectivity index (χ1n) is 7.79. The highest BCUT2D eigenvalue weighted by molar-refractivity contribution is 5.69. The number of phenolic OH excluding ortho intramolecular Hbond substituents is 1. The van der Waals surface area contributed by atoms with Crippen LogP contribution in [0, 0.1) is 6.92 Å². The van der Waals surface area contributed by atoms with Crippen molar-refractivity contribution in [2.75, 3.05) is 18.4 Å². The number of ether oxygens (including phenoxy) is 1. The number of aryl methyl sites for hydroxylation is 1. The van der Waals surface area contributed by atoms with E-state index in [4.69, 9.17) is 4.74 Å². The van der Waals surface area contributed by atoms with Crippen LogP contribution in [0.2, 0.25) is 0 Å². The number of rotatable bonds is 3. The zero-order valence-electron chi connectivity index (χ0n) is 13.8. The molecule has 1 aliphatic heterocycles. The van der Waals surface area contributed by atoms with Gasteiger partial charge in [0.05, 0.1) is 6.04 Å². The Morgan fingerprint density at radius 2 is 2.18 bits per heavy atom. The Balaban J connectivity index is 1.95. The Hall–Kier alpha value is -1.91. The van der Waals surface area contributed by atoms with Crippen LogP contribution < -0.4 is 5.32 Å². The molecule has 2 rings (SSSR count). The summed E-state index contributed by atoms with van der Waals surface area (Å²) in [5.41, 5.74) is 1.50. The first kappa shape index (κ1) is 16.5. The van der Waals surface area contributed by atoms with Crippen molar-refractivity contribution in [3.05, 3.63) is 23.8 Å². The minimum absolute atomic E-state index is 0.142. The third-order valence-corrected chi connectivity index (χ3v) is 3.74. The zero-order valence-corrected chi connectivity index (χ0v) is 13.8. The lowest BCUT2D eigenvalue weighted by Crippen LogP contribution is -2.42. The van der Waals surface area contributed by atoms with E-state index in [1.165, 1.54) is 0 Å². The number of benzene rings is 1. The number of nitrogens with one attached hydrogen (secondary N) is 1. The normalized spacial score (nSPS) is 18.4. The summed E-state index contributed by atoms with van der Waals surface area (Å²) in [4.78, 5) is 14.1. The van der Waals surface area contributed by atoms with Crippen molar-refractivity contribution in [3.63, 3.8) is 0 Å². The summed E-state index contributed by atoms with van der Waals surface area (Å²) in [5, 5.41) is 12.8. The van der Waals surface area contributed by atoms with Crippen molar-refractivity contribution in [1.82, 2.24) is 4.90 Å². The average molecular weight is 306 g/mol. The summed E-state index contributed by atoms with van der Waals surface area (Å²) in [7, 11) is 0. The molecule has 5 nitrogen and oxygen atoms in total. The van der Waals surface area contributed by atoms with Crippen LogP contribution in [0.4, 0.5) is 10.5 Å². The Labute approximate surface area is 132 Å². The number of carbonyl (C=O) groups is 1. The minimum Gasteiger partial charge on any atom is -0.508 e. The van der Waals surface area contributed by atoms with Gasteiger partial charge in [0.2, 0.25) is 0 Å². The maximum absolute atomic E-state index is 12.2. The Morgan fingerprint density at radius 1 is 1.45 bits per heavy atom. The molecule has 1 aromatic carbocycles. The van der Waals surface area contributed by atoms with E-state index in [-0.39, 0.29) is 17.9 Å². The fraction of sp³-hybridized carbons (Fsp3) is 0.588. The van der Waals surface area contributed by atoms with Gasteiger partial charge in [-0.2, -0.15) is 0 Å². The van der Waals surface area contributed by atoms with Gasteiger partial charge in [-0.15, -0.1) is 0 Å². The first-order chi connectivity index (χ1) is 10.3. The van der Waals surface area contributed by atoms with E-state index in [2.05, 4.69) is 5.32 Å². The van der Waals surface area contributed by atoms with Gasteiger partial charge < -0.3 is 20.1 Å². The van der Waals surface area contributed by atoms with E-state index in [0.717, 1.165) is 30.6 Å². The number of hydrogen-bond donors (Lipinski definition) is 2. The number of carbonyl (C=O) groups excluding carboxylic acids is 1. The van der Waals surface area contributed by atoms with Gasteiger partial charge >= 0.3 is 6.09 Å². The number of phenols is 1. The van der Waals surface area contributed by atoms with Gasteiger partial charge in [0.25, 0.3) is 0 Å². The molecule has 1 aliphatic rings. The van der Waals surface area contributed by atoms with Gasteiger partial charge in [-0.1, -0.05) is 0 Å². The molecule has 1 unspecified atom stereocenters. The Kier molecular flexibility index (Phi) is 4.84. The molecule has 1 atom stereocenters. The SMILES string of the molecule is Cc1cc(O)ccc1NCC1CCCN1C(=O)OC(C)(C)C. The fourth-order valence-corrected chi connectivity index (χ4v) is 2.68. The number of likely N-dealkylation sites (tertiary alicyclic amines) is 1. The highest BCUT2D eigenvalue weighted by Crippen LogP contribution is 2.23. The van der Waals surface area contributed by atoms with Crippen molar-refractivity contribution in [2.24, 2.45) is 0 Å². The third-order valence-electron chi connectivity index (χ3n) is 3.74. The van der Waals surface area contributed by atoms with Crippen molar-refractivity contribution >= 4 is 11.8 Å². The molecule has 0 radical (unpaired) electrons. The number of nitrogens with zero attached hydrogens (tertiary/aromatic N) is 1. The van der Waals surface area contributed by atoms with Crippen molar-refractivity contribution in [1.29, 1.82) is 0 Å². The van der Waals surface area contributed by atoms with E-state index in [1.54, 1.807) is 12.1 Å². The number of hydrogen-bond acceptors (Lipinski definition) is 4. The predicted octanol–water partition coefficient (Wildman–Crippen LogP) is 3.51. The lowest BCUT2D eigenvalue weighted by atomic mass is 10.1. The quantitative estimate of drug-likeness (QED) is 0.839. The molecule has 1 saturated heterocycles. The van der Waals surface area contributed by atoms with Crippen LogP contribution in [-0.2, 0) is 4.74 Å². The molecule has 1 heterocycles. The molecule has 1 fully saturated rings. The predicted molar refractivity (Wildman–Crippen MR) is 87.3 cm³/mol. The van der Waals surface area contributed by atoms with E-state index in [0.29, 0.717) is 6.54 Å². The van der Waals surface area contributed by atoms with E-state index >= 15 is 0 Å². The topological polar surface area (TPSA) is 61.8 Å². The molecule has 1 amide bonds. The van der Waals surface area contributed by atoms with Crippen LogP contribution >= 0.6 is 0 Å². The van der Waals surface area contributed by atoms with Crippen LogP contribution in [0.5, 0.6) is 5.75 Å². The third kappa shape index (κ3) is 4.29. The smallest absolute Gasteiger partial charge is 0.410 e. The van der Waals surface area contributed by atoms with E-state index in [1.807, 2.05) is 38.7 Å². The number of anilines is 1. The summed E-state index contributed by atoms with van der Waals surface area (Å²) < 4.78 is 5.47. The summed E-state index contributed by atoms with van der Waals surface area (Å²) in [6.45, 7) is 9.03. The highest BCUT2D eigenvalue weighted by atomic mass is 16.6. The van der Waals surface area contributed by atoms with Crippen LogP contribution in [0.3, 0.4) is 0 Å². The lowest BCUT2D eigenvalue weighted by molar-refractivity contribution is 0.0235. The number of aromatic hydroxyl groups is 1. The Morgan fingerprint density at radius 3 is 2.82 bits per heavy atom.